The third-order valence-electron chi connectivity index (χ3n) is 3.88. The van der Waals surface area contributed by atoms with E-state index < -0.39 is 34.4 Å². The first-order valence-corrected chi connectivity index (χ1v) is 9.43. The second kappa shape index (κ2) is 7.06. The van der Waals surface area contributed by atoms with E-state index in [0.29, 0.717) is 16.3 Å². The van der Waals surface area contributed by atoms with Crippen molar-refractivity contribution in [2.24, 2.45) is 0 Å². The van der Waals surface area contributed by atoms with Crippen LogP contribution < -0.4 is 9.46 Å². The summed E-state index contributed by atoms with van der Waals surface area (Å²) in [6.07, 6.45) is -0.818. The number of hydrogen-bond donors (Lipinski definition) is 2. The zero-order valence-corrected chi connectivity index (χ0v) is 14.9. The summed E-state index contributed by atoms with van der Waals surface area (Å²) in [5.41, 5.74) is 0.876. The molecule has 136 valence electrons. The van der Waals surface area contributed by atoms with E-state index in [1.807, 2.05) is 0 Å². The fourth-order valence-electron chi connectivity index (χ4n) is 2.52. The molecule has 0 saturated heterocycles. The van der Waals surface area contributed by atoms with Crippen LogP contribution in [-0.2, 0) is 21.2 Å². The Kier molecular flexibility index (Phi) is 4.99. The van der Waals surface area contributed by atoms with Gasteiger partial charge in [0.15, 0.2) is 11.9 Å². The van der Waals surface area contributed by atoms with E-state index >= 15 is 0 Å². The molecule has 0 fully saturated rings. The van der Waals surface area contributed by atoms with Crippen LogP contribution in [0.25, 0.3) is 0 Å². The lowest BCUT2D eigenvalue weighted by Gasteiger charge is -2.07. The van der Waals surface area contributed by atoms with Crippen LogP contribution >= 0.6 is 11.6 Å². The third-order valence-corrected chi connectivity index (χ3v) is 5.55. The van der Waals surface area contributed by atoms with Crippen LogP contribution in [0, 0.1) is 0 Å². The molecule has 2 N–H and O–H groups in total. The minimum atomic E-state index is -3.84. The summed E-state index contributed by atoms with van der Waals surface area (Å²) < 4.78 is 31.9. The number of ether oxygens (including phenoxy) is 1. The van der Waals surface area contributed by atoms with Gasteiger partial charge in [-0.1, -0.05) is 11.6 Å². The van der Waals surface area contributed by atoms with Crippen LogP contribution in [0.2, 0.25) is 5.02 Å². The van der Waals surface area contributed by atoms with Crippen molar-refractivity contribution < 1.29 is 27.9 Å². The number of nitrogens with one attached hydrogen (secondary N) is 1. The lowest BCUT2D eigenvalue weighted by atomic mass is 10.0. The predicted octanol–water partition coefficient (Wildman–Crippen LogP) is 1.89. The summed E-state index contributed by atoms with van der Waals surface area (Å²) in [7, 11) is -3.84. The van der Waals surface area contributed by atoms with Crippen LogP contribution in [-0.4, -0.2) is 37.9 Å². The number of carboxylic acids is 1. The molecule has 0 bridgehead atoms. The van der Waals surface area contributed by atoms with Gasteiger partial charge < -0.3 is 9.84 Å². The van der Waals surface area contributed by atoms with E-state index in [-0.39, 0.29) is 16.9 Å². The van der Waals surface area contributed by atoms with E-state index in [0.717, 1.165) is 0 Å². The number of halogens is 1. The van der Waals surface area contributed by atoms with Gasteiger partial charge in [0.2, 0.25) is 10.0 Å². The van der Waals surface area contributed by atoms with Crippen LogP contribution in [0.3, 0.4) is 0 Å². The molecule has 0 aliphatic carbocycles. The Labute approximate surface area is 154 Å². The molecule has 0 radical (unpaired) electrons. The van der Waals surface area contributed by atoms with Gasteiger partial charge in [0.05, 0.1) is 11.4 Å². The van der Waals surface area contributed by atoms with Crippen molar-refractivity contribution in [3.8, 4) is 5.75 Å². The van der Waals surface area contributed by atoms with Gasteiger partial charge in [-0.3, -0.25) is 4.79 Å². The molecule has 2 aromatic rings. The highest BCUT2D eigenvalue weighted by Gasteiger charge is 2.29. The first-order chi connectivity index (χ1) is 12.3. The fourth-order valence-corrected chi connectivity index (χ4v) is 3.63. The summed E-state index contributed by atoms with van der Waals surface area (Å²) in [4.78, 5) is 23.3. The number of aliphatic carboxylic acids is 1. The molecule has 1 atom stereocenters. The first kappa shape index (κ1) is 18.4. The monoisotopic (exact) mass is 395 g/mol. The van der Waals surface area contributed by atoms with Crippen LogP contribution in [0.4, 0.5) is 0 Å². The van der Waals surface area contributed by atoms with Gasteiger partial charge in [0.25, 0.3) is 0 Å². The number of benzene rings is 2. The van der Waals surface area contributed by atoms with Crippen LogP contribution in [0.15, 0.2) is 47.4 Å². The normalized spacial score (nSPS) is 16.0. The van der Waals surface area contributed by atoms with Crippen molar-refractivity contribution in [2.75, 3.05) is 6.54 Å². The van der Waals surface area contributed by atoms with Gasteiger partial charge in [-0.05, 0) is 48.0 Å². The van der Waals surface area contributed by atoms with Crippen molar-refractivity contribution in [3.05, 3.63) is 58.6 Å². The Bertz CT molecular complexity index is 971. The lowest BCUT2D eigenvalue weighted by Crippen LogP contribution is -2.29. The van der Waals surface area contributed by atoms with Gasteiger partial charge in [0.1, 0.15) is 5.75 Å². The maximum atomic E-state index is 12.3. The maximum Gasteiger partial charge on any atom is 0.345 e. The number of sulfonamides is 1. The number of carboxylic acid groups (broad SMARTS) is 1. The summed E-state index contributed by atoms with van der Waals surface area (Å²) in [5, 5.41) is 9.39. The summed E-state index contributed by atoms with van der Waals surface area (Å²) in [6, 6.07) is 10.1. The Balaban J connectivity index is 1.69. The van der Waals surface area contributed by atoms with Gasteiger partial charge >= 0.3 is 5.97 Å². The lowest BCUT2D eigenvalue weighted by molar-refractivity contribution is -0.144. The summed E-state index contributed by atoms with van der Waals surface area (Å²) >= 11 is 5.73. The number of rotatable bonds is 6. The van der Waals surface area contributed by atoms with Crippen molar-refractivity contribution in [3.63, 3.8) is 0 Å². The molecule has 1 aliphatic rings. The Hall–Kier alpha value is -2.42. The van der Waals surface area contributed by atoms with Gasteiger partial charge in [-0.15, -0.1) is 0 Å². The molecule has 1 heterocycles. The van der Waals surface area contributed by atoms with Crippen molar-refractivity contribution in [1.29, 1.82) is 0 Å². The van der Waals surface area contributed by atoms with Crippen molar-refractivity contribution in [2.45, 2.75) is 17.4 Å². The van der Waals surface area contributed by atoms with Crippen molar-refractivity contribution in [1.82, 2.24) is 4.72 Å². The largest absolute Gasteiger partial charge is 0.478 e. The molecule has 0 spiro atoms. The highest BCUT2D eigenvalue weighted by atomic mass is 35.5. The number of ketones is 1. The average Bonchev–Trinajstić information content (AvgIpc) is 3.03. The van der Waals surface area contributed by atoms with Gasteiger partial charge in [0, 0.05) is 17.0 Å². The van der Waals surface area contributed by atoms with E-state index in [2.05, 4.69) is 4.72 Å². The number of carbonyl (C=O) groups is 2. The minimum Gasteiger partial charge on any atom is -0.478 e. The molecule has 1 aliphatic heterocycles. The highest BCUT2D eigenvalue weighted by Crippen LogP contribution is 2.29. The zero-order valence-electron chi connectivity index (χ0n) is 13.3. The van der Waals surface area contributed by atoms with E-state index in [1.165, 1.54) is 42.5 Å². The Morgan fingerprint density at radius 3 is 2.54 bits per heavy atom. The second-order valence-corrected chi connectivity index (χ2v) is 7.88. The molecule has 3 rings (SSSR count). The highest BCUT2D eigenvalue weighted by molar-refractivity contribution is 7.89. The van der Waals surface area contributed by atoms with Crippen LogP contribution in [0.1, 0.15) is 15.9 Å². The molecule has 0 saturated carbocycles. The molecule has 0 amide bonds. The number of fused-ring (bicyclic) bond motifs is 1. The first-order valence-electron chi connectivity index (χ1n) is 7.57. The maximum absolute atomic E-state index is 12.3. The minimum absolute atomic E-state index is 0.00125. The molecule has 26 heavy (non-hydrogen) atoms. The number of carbonyl (C=O) groups excluding carboxylic acids is 1. The molecule has 2 aromatic carbocycles. The second-order valence-electron chi connectivity index (χ2n) is 5.67. The van der Waals surface area contributed by atoms with E-state index in [1.54, 1.807) is 0 Å². The summed E-state index contributed by atoms with van der Waals surface area (Å²) in [6.45, 7) is -0.424. The zero-order chi connectivity index (χ0) is 18.9. The Morgan fingerprint density at radius 2 is 1.88 bits per heavy atom. The topological polar surface area (TPSA) is 110 Å². The molecule has 0 aromatic heterocycles. The SMILES string of the molecule is O=C(CNS(=O)(=O)c1ccc(Cl)cc1)c1ccc2c(c1)CC(C(=O)O)O2. The van der Waals surface area contributed by atoms with Crippen molar-refractivity contribution >= 4 is 33.4 Å². The molecule has 1 unspecified atom stereocenters. The molecule has 9 heteroatoms. The Morgan fingerprint density at radius 1 is 1.19 bits per heavy atom. The fraction of sp³-hybridized carbons (Fsp3) is 0.176. The summed E-state index contributed by atoms with van der Waals surface area (Å²) in [5.74, 6) is -1.11. The van der Waals surface area contributed by atoms with Crippen LogP contribution in [0.5, 0.6) is 5.75 Å². The quantitative estimate of drug-likeness (QED) is 0.723. The molecular formula is C17H14ClNO6S. The number of Topliss-reactive ketones (excluding diaryl/α,β-unsaturated/α-hetero) is 1. The van der Waals surface area contributed by atoms with Gasteiger partial charge in [-0.25, -0.2) is 17.9 Å². The molecular weight excluding hydrogens is 382 g/mol. The third kappa shape index (κ3) is 3.87. The average molecular weight is 396 g/mol. The smallest absolute Gasteiger partial charge is 0.345 e. The standard InChI is InChI=1S/C17H14ClNO6S/c18-12-2-4-13(5-3-12)26(23,24)19-9-14(20)10-1-6-15-11(7-10)8-16(25-15)17(21)22/h1-7,16,19H,8-9H2,(H,21,22). The predicted molar refractivity (Wildman–Crippen MR) is 93.2 cm³/mol. The van der Waals surface area contributed by atoms with Gasteiger partial charge in [-0.2, -0.15) is 0 Å². The molecule has 7 nitrogen and oxygen atoms in total. The number of hydrogen-bond acceptors (Lipinski definition) is 5. The van der Waals surface area contributed by atoms with E-state index in [4.69, 9.17) is 21.4 Å². The van der Waals surface area contributed by atoms with E-state index in [9.17, 15) is 18.0 Å².